The Bertz CT molecular complexity index is 871. The molecule has 9 nitrogen and oxygen atoms in total. The molecule has 0 aliphatic carbocycles. The fraction of sp³-hybridized carbons (Fsp3) is 0.0833. The molecule has 2 aromatic rings. The summed E-state index contributed by atoms with van der Waals surface area (Å²) in [7, 11) is -4.54. The van der Waals surface area contributed by atoms with Gasteiger partial charge in [0.1, 0.15) is 5.75 Å². The average molecular weight is 384 g/mol. The molecule has 3 N–H and O–H groups in total. The van der Waals surface area contributed by atoms with Crippen LogP contribution in [0.4, 0.5) is 5.69 Å². The minimum absolute atomic E-state index is 0. The van der Waals surface area contributed by atoms with Crippen molar-refractivity contribution in [2.45, 2.75) is 11.8 Å². The van der Waals surface area contributed by atoms with Crippen LogP contribution in [0.15, 0.2) is 29.2 Å². The first-order valence-electron chi connectivity index (χ1n) is 5.93. The van der Waals surface area contributed by atoms with Gasteiger partial charge in [-0.05, 0) is 28.6 Å². The maximum absolute atomic E-state index is 11.4. The second-order valence-electron chi connectivity index (χ2n) is 4.39. The Morgan fingerprint density at radius 3 is 2.46 bits per heavy atom. The summed E-state index contributed by atoms with van der Waals surface area (Å²) in [4.78, 5) is 15.4. The molecule has 0 aliphatic heterocycles. The van der Waals surface area contributed by atoms with Crippen molar-refractivity contribution in [2.24, 2.45) is 0 Å². The number of carbonyl (C=O) groups excluding carboxylic acids is 1. The fourth-order valence-electron chi connectivity index (χ4n) is 1.98. The summed E-state index contributed by atoms with van der Waals surface area (Å²) in [6.07, 6.45) is 0. The molecule has 0 saturated heterocycles. The van der Waals surface area contributed by atoms with Crippen molar-refractivity contribution in [1.29, 1.82) is 0 Å². The number of nitrogens with one attached hydrogen (secondary N) is 1. The van der Waals surface area contributed by atoms with Crippen LogP contribution in [0.25, 0.3) is 10.8 Å². The Morgan fingerprint density at radius 1 is 1.25 bits per heavy atom. The van der Waals surface area contributed by atoms with E-state index in [1.54, 1.807) is 0 Å². The first-order valence-corrected chi connectivity index (χ1v) is 7.73. The average Bonchev–Trinajstić information content (AvgIpc) is 2.42. The summed E-state index contributed by atoms with van der Waals surface area (Å²) >= 11 is 3.29. The SMILES string of the molecule is CC(=O)Nc1cc(S(=O)(=O)O)cc2cc(OOOS)cc(O)c12.[Na]. The van der Waals surface area contributed by atoms with Crippen molar-refractivity contribution in [1.82, 2.24) is 0 Å². The van der Waals surface area contributed by atoms with Gasteiger partial charge in [0, 0.05) is 60.8 Å². The van der Waals surface area contributed by atoms with Crippen LogP contribution in [0.2, 0.25) is 0 Å². The summed E-state index contributed by atoms with van der Waals surface area (Å²) < 4.78 is 35.8. The molecule has 125 valence electrons. The van der Waals surface area contributed by atoms with E-state index in [1.807, 2.05) is 0 Å². The minimum Gasteiger partial charge on any atom is -0.507 e. The Hall–Kier alpha value is -1.05. The van der Waals surface area contributed by atoms with Gasteiger partial charge in [-0.3, -0.25) is 9.35 Å². The van der Waals surface area contributed by atoms with Gasteiger partial charge in [0.15, 0.2) is 5.75 Å². The zero-order valence-electron chi connectivity index (χ0n) is 12.5. The van der Waals surface area contributed by atoms with Gasteiger partial charge in [0.2, 0.25) is 5.91 Å². The second kappa shape index (κ2) is 8.36. The Labute approximate surface area is 164 Å². The number of aromatic hydroxyl groups is 1. The standard InChI is InChI=1S/C12H11NO8S2.Na/c1-6(14)13-10-5-9(23(16,17)18)3-7-2-8(19-20-21-22)4-11(15)12(7)10;/h2-5,15,22H,1H3,(H,13,14)(H,16,17,18);. The van der Waals surface area contributed by atoms with Gasteiger partial charge in [0.05, 0.1) is 10.6 Å². The van der Waals surface area contributed by atoms with E-state index in [0.717, 1.165) is 18.2 Å². The van der Waals surface area contributed by atoms with Crippen LogP contribution < -0.4 is 10.2 Å². The Kier molecular flexibility index (Phi) is 7.31. The smallest absolute Gasteiger partial charge is 0.294 e. The van der Waals surface area contributed by atoms with Crippen molar-refractivity contribution < 1.29 is 37.1 Å². The van der Waals surface area contributed by atoms with Crippen molar-refractivity contribution in [3.8, 4) is 11.5 Å². The molecule has 0 heterocycles. The third-order valence-electron chi connectivity index (χ3n) is 2.74. The molecule has 0 fully saturated rings. The number of fused-ring (bicyclic) bond motifs is 1. The van der Waals surface area contributed by atoms with E-state index in [2.05, 4.69) is 32.5 Å². The van der Waals surface area contributed by atoms with Crippen LogP contribution in [0.3, 0.4) is 0 Å². The summed E-state index contributed by atoms with van der Waals surface area (Å²) in [5.74, 6) is -0.860. The number of hydrogen-bond acceptors (Lipinski definition) is 8. The summed E-state index contributed by atoms with van der Waals surface area (Å²) in [6, 6.07) is 4.55. The molecular weight excluding hydrogens is 373 g/mol. The number of rotatable bonds is 5. The largest absolute Gasteiger partial charge is 0.507 e. The van der Waals surface area contributed by atoms with E-state index >= 15 is 0 Å². The van der Waals surface area contributed by atoms with Crippen LogP contribution in [-0.2, 0) is 24.3 Å². The first kappa shape index (κ1) is 21.0. The van der Waals surface area contributed by atoms with Gasteiger partial charge in [0.25, 0.3) is 10.1 Å². The van der Waals surface area contributed by atoms with Crippen molar-refractivity contribution >= 4 is 75.0 Å². The van der Waals surface area contributed by atoms with Crippen LogP contribution in [0, 0.1) is 0 Å². The number of benzene rings is 2. The predicted molar refractivity (Wildman–Crippen MR) is 87.3 cm³/mol. The maximum atomic E-state index is 11.4. The van der Waals surface area contributed by atoms with Crippen LogP contribution in [0.1, 0.15) is 6.92 Å². The molecule has 0 unspecified atom stereocenters. The van der Waals surface area contributed by atoms with E-state index in [9.17, 15) is 22.9 Å². The number of anilines is 1. The van der Waals surface area contributed by atoms with Gasteiger partial charge in [-0.25, -0.2) is 0 Å². The van der Waals surface area contributed by atoms with Gasteiger partial charge in [-0.1, -0.05) is 0 Å². The van der Waals surface area contributed by atoms with Crippen molar-refractivity contribution in [2.75, 3.05) is 5.32 Å². The third kappa shape index (κ3) is 4.97. The van der Waals surface area contributed by atoms with E-state index < -0.39 is 20.9 Å². The third-order valence-corrected chi connectivity index (χ3v) is 3.64. The van der Waals surface area contributed by atoms with Gasteiger partial charge < -0.3 is 15.3 Å². The normalized spacial score (nSPS) is 11.0. The molecule has 0 aliphatic rings. The van der Waals surface area contributed by atoms with Crippen LogP contribution in [-0.4, -0.2) is 53.5 Å². The Morgan fingerprint density at radius 2 is 1.92 bits per heavy atom. The zero-order chi connectivity index (χ0) is 17.2. The monoisotopic (exact) mass is 384 g/mol. The molecule has 0 aromatic heterocycles. The van der Waals surface area contributed by atoms with E-state index in [1.165, 1.54) is 13.0 Å². The van der Waals surface area contributed by atoms with E-state index in [-0.39, 0.29) is 57.5 Å². The minimum atomic E-state index is -4.54. The molecule has 1 amide bonds. The molecule has 2 aromatic carbocycles. The van der Waals surface area contributed by atoms with Gasteiger partial charge >= 0.3 is 0 Å². The van der Waals surface area contributed by atoms with E-state index in [4.69, 9.17) is 0 Å². The quantitative estimate of drug-likeness (QED) is 0.152. The molecular formula is C12H11NNaO8S2. The first-order chi connectivity index (χ1) is 10.7. The summed E-state index contributed by atoms with van der Waals surface area (Å²) in [5.41, 5.74) is -0.00182. The van der Waals surface area contributed by atoms with Crippen molar-refractivity contribution in [3.05, 3.63) is 24.3 Å². The molecule has 0 saturated carbocycles. The number of phenolic OH excluding ortho intramolecular Hbond substituents is 1. The topological polar surface area (TPSA) is 131 Å². The molecule has 12 heteroatoms. The Balaban J connectivity index is 0.00000288. The maximum Gasteiger partial charge on any atom is 0.294 e. The molecule has 24 heavy (non-hydrogen) atoms. The van der Waals surface area contributed by atoms with Crippen LogP contribution >= 0.6 is 12.9 Å². The summed E-state index contributed by atoms with van der Waals surface area (Å²) in [5, 5.41) is 16.9. The van der Waals surface area contributed by atoms with Gasteiger partial charge in [-0.2, -0.15) is 8.42 Å². The molecule has 1 radical (unpaired) electrons. The fourth-order valence-corrected chi connectivity index (χ4v) is 2.55. The second-order valence-corrected chi connectivity index (χ2v) is 5.96. The van der Waals surface area contributed by atoms with E-state index in [0.29, 0.717) is 0 Å². The molecule has 0 bridgehead atoms. The predicted octanol–water partition coefficient (Wildman–Crippen LogP) is 1.46. The van der Waals surface area contributed by atoms with Crippen LogP contribution in [0.5, 0.6) is 11.5 Å². The number of phenols is 1. The molecule has 0 spiro atoms. The number of amides is 1. The number of carbonyl (C=O) groups is 1. The van der Waals surface area contributed by atoms with Crippen molar-refractivity contribution in [3.63, 3.8) is 0 Å². The molecule has 0 atom stereocenters. The molecule has 2 rings (SSSR count). The number of hydrogen-bond donors (Lipinski definition) is 4. The van der Waals surface area contributed by atoms with Gasteiger partial charge in [-0.15, -0.1) is 4.33 Å². The number of thiol groups is 1. The zero-order valence-corrected chi connectivity index (χ0v) is 16.2. The summed E-state index contributed by atoms with van der Waals surface area (Å²) in [6.45, 7) is 1.21.